The van der Waals surface area contributed by atoms with Crippen LogP contribution in [0, 0.1) is 0 Å². The van der Waals surface area contributed by atoms with Crippen LogP contribution in [0.25, 0.3) is 0 Å². The summed E-state index contributed by atoms with van der Waals surface area (Å²) in [6, 6.07) is 3.34. The number of amides is 1. The van der Waals surface area contributed by atoms with Gasteiger partial charge in [0.05, 0.1) is 12.2 Å². The molecule has 0 radical (unpaired) electrons. The Labute approximate surface area is 76.2 Å². The first-order valence-corrected chi connectivity index (χ1v) is 3.77. The molecule has 68 valence electrons. The fraction of sp³-hybridized carbons (Fsp3) is 0.111. The summed E-state index contributed by atoms with van der Waals surface area (Å²) in [6.07, 6.45) is 4.61. The van der Waals surface area contributed by atoms with Crippen molar-refractivity contribution in [1.82, 2.24) is 10.5 Å². The highest BCUT2D eigenvalue weighted by Gasteiger charge is 2.02. The fourth-order valence-electron chi connectivity index (χ4n) is 0.722. The molecule has 4 heteroatoms. The maximum absolute atomic E-state index is 11.2. The molecule has 0 saturated carbocycles. The summed E-state index contributed by atoms with van der Waals surface area (Å²) in [5.74, 6) is -0.310. The minimum absolute atomic E-state index is 0.284. The molecule has 0 saturated heterocycles. The highest BCUT2D eigenvalue weighted by molar-refractivity contribution is 5.92. The molecule has 13 heavy (non-hydrogen) atoms. The van der Waals surface area contributed by atoms with Gasteiger partial charge in [0.25, 0.3) is 5.91 Å². The van der Waals surface area contributed by atoms with Crippen LogP contribution in [0.15, 0.2) is 37.2 Å². The van der Waals surface area contributed by atoms with E-state index >= 15 is 0 Å². The SMILES string of the molecule is C=CCONC(=O)c1cccnc1. The Morgan fingerprint density at radius 1 is 1.77 bits per heavy atom. The molecule has 0 aliphatic carbocycles. The number of pyridine rings is 1. The van der Waals surface area contributed by atoms with Gasteiger partial charge >= 0.3 is 0 Å². The summed E-state index contributed by atoms with van der Waals surface area (Å²) >= 11 is 0. The molecule has 0 unspecified atom stereocenters. The van der Waals surface area contributed by atoms with Gasteiger partial charge in [0, 0.05) is 12.4 Å². The van der Waals surface area contributed by atoms with Crippen LogP contribution in [0.3, 0.4) is 0 Å². The number of carbonyl (C=O) groups excluding carboxylic acids is 1. The highest BCUT2D eigenvalue weighted by atomic mass is 16.6. The average Bonchev–Trinajstić information content (AvgIpc) is 2.19. The molecule has 0 bridgehead atoms. The molecule has 1 aromatic heterocycles. The first-order valence-electron chi connectivity index (χ1n) is 3.77. The second-order valence-electron chi connectivity index (χ2n) is 2.27. The third-order valence-corrected chi connectivity index (χ3v) is 1.29. The third-order valence-electron chi connectivity index (χ3n) is 1.29. The minimum Gasteiger partial charge on any atom is -0.269 e. The lowest BCUT2D eigenvalue weighted by atomic mass is 10.3. The van der Waals surface area contributed by atoms with Gasteiger partial charge in [0.15, 0.2) is 0 Å². The maximum atomic E-state index is 11.2. The van der Waals surface area contributed by atoms with Crippen molar-refractivity contribution in [3.05, 3.63) is 42.7 Å². The van der Waals surface area contributed by atoms with E-state index in [1.54, 1.807) is 24.4 Å². The fourth-order valence-corrected chi connectivity index (χ4v) is 0.722. The van der Waals surface area contributed by atoms with Gasteiger partial charge in [-0.05, 0) is 12.1 Å². The summed E-state index contributed by atoms with van der Waals surface area (Å²) < 4.78 is 0. The lowest BCUT2D eigenvalue weighted by Crippen LogP contribution is -2.23. The minimum atomic E-state index is -0.310. The summed E-state index contributed by atoms with van der Waals surface area (Å²) in [6.45, 7) is 3.73. The largest absolute Gasteiger partial charge is 0.276 e. The monoisotopic (exact) mass is 178 g/mol. The Morgan fingerprint density at radius 3 is 3.23 bits per heavy atom. The number of hydroxylamine groups is 1. The van der Waals surface area contributed by atoms with Crippen LogP contribution in [0.4, 0.5) is 0 Å². The molecule has 1 N–H and O–H groups in total. The maximum Gasteiger partial charge on any atom is 0.276 e. The van der Waals surface area contributed by atoms with Crippen molar-refractivity contribution in [2.24, 2.45) is 0 Å². The van der Waals surface area contributed by atoms with Gasteiger partial charge in [0.2, 0.25) is 0 Å². The normalized spacial score (nSPS) is 9.23. The van der Waals surface area contributed by atoms with Crippen molar-refractivity contribution in [3.8, 4) is 0 Å². The molecule has 0 aliphatic heterocycles. The van der Waals surface area contributed by atoms with E-state index in [4.69, 9.17) is 4.84 Å². The van der Waals surface area contributed by atoms with E-state index in [2.05, 4.69) is 17.0 Å². The predicted octanol–water partition coefficient (Wildman–Crippen LogP) is 0.929. The van der Waals surface area contributed by atoms with E-state index in [1.807, 2.05) is 0 Å². The van der Waals surface area contributed by atoms with Crippen molar-refractivity contribution in [2.75, 3.05) is 6.61 Å². The van der Waals surface area contributed by atoms with Crippen LogP contribution < -0.4 is 5.48 Å². The van der Waals surface area contributed by atoms with E-state index in [0.717, 1.165) is 0 Å². The van der Waals surface area contributed by atoms with Crippen LogP contribution in [-0.2, 0) is 4.84 Å². The van der Waals surface area contributed by atoms with E-state index in [-0.39, 0.29) is 12.5 Å². The Hall–Kier alpha value is -1.68. The standard InChI is InChI=1S/C9H10N2O2/c1-2-6-13-11-9(12)8-4-3-5-10-7-8/h2-5,7H,1,6H2,(H,11,12). The number of aromatic nitrogens is 1. The molecule has 0 fully saturated rings. The summed E-state index contributed by atoms with van der Waals surface area (Å²) in [4.78, 5) is 19.8. The molecule has 0 spiro atoms. The van der Waals surface area contributed by atoms with Crippen molar-refractivity contribution in [1.29, 1.82) is 0 Å². The van der Waals surface area contributed by atoms with Gasteiger partial charge in [-0.2, -0.15) is 0 Å². The number of nitrogens with zero attached hydrogens (tertiary/aromatic N) is 1. The van der Waals surface area contributed by atoms with Gasteiger partial charge in [-0.25, -0.2) is 5.48 Å². The van der Waals surface area contributed by atoms with Gasteiger partial charge in [-0.1, -0.05) is 6.08 Å². The average molecular weight is 178 g/mol. The van der Waals surface area contributed by atoms with Crippen molar-refractivity contribution >= 4 is 5.91 Å². The van der Waals surface area contributed by atoms with Crippen LogP contribution in [0.1, 0.15) is 10.4 Å². The third kappa shape index (κ3) is 3.04. The lowest BCUT2D eigenvalue weighted by Gasteiger charge is -2.02. The zero-order valence-electron chi connectivity index (χ0n) is 7.06. The van der Waals surface area contributed by atoms with Gasteiger partial charge in [0.1, 0.15) is 0 Å². The zero-order chi connectivity index (χ0) is 9.52. The first kappa shape index (κ1) is 9.41. The van der Waals surface area contributed by atoms with E-state index in [1.165, 1.54) is 6.20 Å². The van der Waals surface area contributed by atoms with Crippen LogP contribution in [0.5, 0.6) is 0 Å². The van der Waals surface area contributed by atoms with Gasteiger partial charge in [-0.3, -0.25) is 14.6 Å². The number of rotatable bonds is 4. The smallest absolute Gasteiger partial charge is 0.269 e. The molecule has 0 aliphatic rings. The Bertz CT molecular complexity index is 285. The number of hydrogen-bond acceptors (Lipinski definition) is 3. The summed E-state index contributed by atoms with van der Waals surface area (Å²) in [5, 5.41) is 0. The molecular weight excluding hydrogens is 168 g/mol. The van der Waals surface area contributed by atoms with Gasteiger partial charge in [-0.15, -0.1) is 6.58 Å². The first-order chi connectivity index (χ1) is 6.34. The molecule has 4 nitrogen and oxygen atoms in total. The topological polar surface area (TPSA) is 51.2 Å². The lowest BCUT2D eigenvalue weighted by molar-refractivity contribution is 0.0421. The second kappa shape index (κ2) is 5.05. The quantitative estimate of drug-likeness (QED) is 0.424. The number of nitrogens with one attached hydrogen (secondary N) is 1. The van der Waals surface area contributed by atoms with Crippen molar-refractivity contribution < 1.29 is 9.63 Å². The van der Waals surface area contributed by atoms with Crippen molar-refractivity contribution in [2.45, 2.75) is 0 Å². The molecule has 1 amide bonds. The molecule has 1 rings (SSSR count). The zero-order valence-corrected chi connectivity index (χ0v) is 7.06. The Balaban J connectivity index is 2.45. The Kier molecular flexibility index (Phi) is 3.66. The summed E-state index contributed by atoms with van der Waals surface area (Å²) in [7, 11) is 0. The molecule has 0 atom stereocenters. The van der Waals surface area contributed by atoms with Gasteiger partial charge < -0.3 is 0 Å². The number of hydrogen-bond donors (Lipinski definition) is 1. The predicted molar refractivity (Wildman–Crippen MR) is 47.9 cm³/mol. The van der Waals surface area contributed by atoms with E-state index in [0.29, 0.717) is 5.56 Å². The molecule has 1 aromatic rings. The van der Waals surface area contributed by atoms with Crippen LogP contribution in [-0.4, -0.2) is 17.5 Å². The number of carbonyl (C=O) groups is 1. The molecular formula is C9H10N2O2. The second-order valence-corrected chi connectivity index (χ2v) is 2.27. The summed E-state index contributed by atoms with van der Waals surface area (Å²) in [5.41, 5.74) is 2.71. The Morgan fingerprint density at radius 2 is 2.62 bits per heavy atom. The van der Waals surface area contributed by atoms with Crippen LogP contribution >= 0.6 is 0 Å². The molecule has 0 aromatic carbocycles. The van der Waals surface area contributed by atoms with Crippen LogP contribution in [0.2, 0.25) is 0 Å². The highest BCUT2D eigenvalue weighted by Crippen LogP contribution is 1.94. The van der Waals surface area contributed by atoms with E-state index < -0.39 is 0 Å². The van der Waals surface area contributed by atoms with Crippen molar-refractivity contribution in [3.63, 3.8) is 0 Å². The van der Waals surface area contributed by atoms with E-state index in [9.17, 15) is 4.79 Å². The molecule has 1 heterocycles.